The van der Waals surface area contributed by atoms with Gasteiger partial charge in [0.25, 0.3) is 5.91 Å². The molecule has 0 spiro atoms. The monoisotopic (exact) mass is 502 g/mol. The summed E-state index contributed by atoms with van der Waals surface area (Å²) in [6.45, 7) is 1.43. The number of amides is 1. The fourth-order valence-electron chi connectivity index (χ4n) is 4.44. The molecular formula is C33H30N2O3. The lowest BCUT2D eigenvalue weighted by molar-refractivity contribution is 0.0744. The molecule has 1 aromatic heterocycles. The summed E-state index contributed by atoms with van der Waals surface area (Å²) in [6.07, 6.45) is 2.44. The van der Waals surface area contributed by atoms with Gasteiger partial charge in [0.15, 0.2) is 11.5 Å². The Bertz CT molecular complexity index is 1500. The molecule has 5 aromatic rings. The van der Waals surface area contributed by atoms with E-state index in [9.17, 15) is 4.79 Å². The minimum absolute atomic E-state index is 0.0185. The summed E-state index contributed by atoms with van der Waals surface area (Å²) in [7, 11) is 1.63. The number of benzene rings is 4. The van der Waals surface area contributed by atoms with E-state index >= 15 is 0 Å². The van der Waals surface area contributed by atoms with Crippen LogP contribution in [0.2, 0.25) is 0 Å². The number of hydrogen-bond donors (Lipinski definition) is 0. The first kappa shape index (κ1) is 25.0. The highest BCUT2D eigenvalue weighted by molar-refractivity contribution is 5.98. The Morgan fingerprint density at radius 1 is 0.763 bits per heavy atom. The highest BCUT2D eigenvalue weighted by Gasteiger charge is 2.18. The van der Waals surface area contributed by atoms with Crippen LogP contribution in [-0.2, 0) is 19.6 Å². The fourth-order valence-corrected chi connectivity index (χ4v) is 4.44. The van der Waals surface area contributed by atoms with Crippen LogP contribution in [0.5, 0.6) is 11.5 Å². The summed E-state index contributed by atoms with van der Waals surface area (Å²) in [6, 6.07) is 35.7. The van der Waals surface area contributed by atoms with Crippen LogP contribution in [0, 0.1) is 0 Å². The summed E-state index contributed by atoms with van der Waals surface area (Å²) < 4.78 is 11.7. The predicted molar refractivity (Wildman–Crippen MR) is 150 cm³/mol. The first-order valence-electron chi connectivity index (χ1n) is 12.7. The molecule has 0 atom stereocenters. The van der Waals surface area contributed by atoms with Gasteiger partial charge in [0, 0.05) is 37.0 Å². The van der Waals surface area contributed by atoms with Gasteiger partial charge in [-0.2, -0.15) is 0 Å². The van der Waals surface area contributed by atoms with Gasteiger partial charge in [-0.15, -0.1) is 0 Å². The van der Waals surface area contributed by atoms with Gasteiger partial charge in [-0.25, -0.2) is 0 Å². The number of ether oxygens (including phenoxy) is 2. The third kappa shape index (κ3) is 6.19. The first-order valence-corrected chi connectivity index (χ1v) is 12.7. The fraction of sp³-hybridized carbons (Fsp3) is 0.152. The normalized spacial score (nSPS) is 10.8. The van der Waals surface area contributed by atoms with E-state index < -0.39 is 0 Å². The molecule has 5 nitrogen and oxygen atoms in total. The minimum atomic E-state index is -0.0185. The molecule has 0 bridgehead atoms. The lowest BCUT2D eigenvalue weighted by Crippen LogP contribution is -2.32. The van der Waals surface area contributed by atoms with E-state index in [1.807, 2.05) is 108 Å². The zero-order valence-corrected chi connectivity index (χ0v) is 21.4. The number of carbonyl (C=O) groups excluding carboxylic acids is 1. The van der Waals surface area contributed by atoms with Crippen molar-refractivity contribution in [3.05, 3.63) is 138 Å². The molecule has 0 saturated carbocycles. The molecule has 38 heavy (non-hydrogen) atoms. The van der Waals surface area contributed by atoms with E-state index in [2.05, 4.69) is 11.1 Å². The van der Waals surface area contributed by atoms with Crippen molar-refractivity contribution in [3.63, 3.8) is 0 Å². The second kappa shape index (κ2) is 12.1. The van der Waals surface area contributed by atoms with Crippen molar-refractivity contribution in [1.29, 1.82) is 0 Å². The number of fused-ring (bicyclic) bond motifs is 1. The lowest BCUT2D eigenvalue weighted by atomic mass is 10.1. The predicted octanol–water partition coefficient (Wildman–Crippen LogP) is 6.71. The number of nitrogens with zero attached hydrogens (tertiary/aromatic N) is 2. The molecule has 5 heteroatoms. The van der Waals surface area contributed by atoms with Crippen LogP contribution >= 0.6 is 0 Å². The van der Waals surface area contributed by atoms with Gasteiger partial charge < -0.3 is 14.4 Å². The van der Waals surface area contributed by atoms with E-state index in [1.165, 1.54) is 0 Å². The van der Waals surface area contributed by atoms with Gasteiger partial charge >= 0.3 is 0 Å². The number of carbonyl (C=O) groups is 1. The second-order valence-corrected chi connectivity index (χ2v) is 9.12. The molecule has 0 aliphatic heterocycles. The van der Waals surface area contributed by atoms with E-state index in [0.29, 0.717) is 43.2 Å². The first-order chi connectivity index (χ1) is 18.7. The number of hydrogen-bond acceptors (Lipinski definition) is 4. The number of rotatable bonds is 10. The average Bonchev–Trinajstić information content (AvgIpc) is 2.98. The highest BCUT2D eigenvalue weighted by Crippen LogP contribution is 2.30. The third-order valence-electron chi connectivity index (χ3n) is 6.49. The number of aromatic nitrogens is 1. The maximum absolute atomic E-state index is 13.7. The largest absolute Gasteiger partial charge is 0.493 e. The zero-order chi connectivity index (χ0) is 26.2. The van der Waals surface area contributed by atoms with Crippen LogP contribution in [0.4, 0.5) is 0 Å². The van der Waals surface area contributed by atoms with Crippen molar-refractivity contribution >= 4 is 16.7 Å². The smallest absolute Gasteiger partial charge is 0.254 e. The van der Waals surface area contributed by atoms with Crippen molar-refractivity contribution in [1.82, 2.24) is 9.88 Å². The van der Waals surface area contributed by atoms with Gasteiger partial charge in [0.05, 0.1) is 7.11 Å². The van der Waals surface area contributed by atoms with Crippen LogP contribution in [0.25, 0.3) is 10.8 Å². The van der Waals surface area contributed by atoms with Crippen LogP contribution < -0.4 is 9.47 Å². The average molecular weight is 503 g/mol. The summed E-state index contributed by atoms with van der Waals surface area (Å²) in [5.41, 5.74) is 3.66. The molecule has 0 saturated heterocycles. The van der Waals surface area contributed by atoms with E-state index in [0.717, 1.165) is 27.6 Å². The minimum Gasteiger partial charge on any atom is -0.493 e. The quantitative estimate of drug-likeness (QED) is 0.213. The molecule has 0 N–H and O–H groups in total. The number of pyridine rings is 1. The molecule has 0 aliphatic rings. The van der Waals surface area contributed by atoms with Crippen molar-refractivity contribution in [3.8, 4) is 11.5 Å². The van der Waals surface area contributed by atoms with Crippen LogP contribution in [0.3, 0.4) is 0 Å². The second-order valence-electron chi connectivity index (χ2n) is 9.12. The van der Waals surface area contributed by atoms with Crippen molar-refractivity contribution in [2.24, 2.45) is 0 Å². The van der Waals surface area contributed by atoms with E-state index in [-0.39, 0.29) is 5.91 Å². The Hall–Kier alpha value is -4.64. The molecule has 0 radical (unpaired) electrons. The van der Waals surface area contributed by atoms with Gasteiger partial charge in [-0.3, -0.25) is 9.78 Å². The van der Waals surface area contributed by atoms with Crippen LogP contribution in [0.1, 0.15) is 27.2 Å². The maximum atomic E-state index is 13.7. The number of methoxy groups -OCH3 is 1. The van der Waals surface area contributed by atoms with Crippen LogP contribution in [-0.4, -0.2) is 29.4 Å². The van der Waals surface area contributed by atoms with Crippen molar-refractivity contribution in [2.45, 2.75) is 19.6 Å². The standard InChI is InChI=1S/C33H30N2O3/c1-37-32-21-26(14-17-31(32)38-24-25-9-3-2-4-10-25)23-35(20-18-30-13-7-8-19-34-30)33(36)29-16-15-27-11-5-6-12-28(27)22-29/h2-17,19,21-22H,18,20,23-24H2,1H3. The molecule has 5 rings (SSSR count). The molecular weight excluding hydrogens is 472 g/mol. The molecule has 190 valence electrons. The van der Waals surface area contributed by atoms with Gasteiger partial charge in [0.1, 0.15) is 6.61 Å². The van der Waals surface area contributed by atoms with Gasteiger partial charge in [-0.1, -0.05) is 72.8 Å². The molecule has 1 amide bonds. The topological polar surface area (TPSA) is 51.7 Å². The Balaban J connectivity index is 1.37. The maximum Gasteiger partial charge on any atom is 0.254 e. The van der Waals surface area contributed by atoms with Gasteiger partial charge in [0.2, 0.25) is 0 Å². The summed E-state index contributed by atoms with van der Waals surface area (Å²) >= 11 is 0. The highest BCUT2D eigenvalue weighted by atomic mass is 16.5. The van der Waals surface area contributed by atoms with E-state index in [1.54, 1.807) is 13.3 Å². The Morgan fingerprint density at radius 3 is 2.34 bits per heavy atom. The van der Waals surface area contributed by atoms with Crippen molar-refractivity contribution in [2.75, 3.05) is 13.7 Å². The Labute approximate surface area is 223 Å². The van der Waals surface area contributed by atoms with Crippen molar-refractivity contribution < 1.29 is 14.3 Å². The molecule has 0 aliphatic carbocycles. The van der Waals surface area contributed by atoms with Gasteiger partial charge in [-0.05, 0) is 58.3 Å². The van der Waals surface area contributed by atoms with E-state index in [4.69, 9.17) is 9.47 Å². The third-order valence-corrected chi connectivity index (χ3v) is 6.49. The molecule has 0 unspecified atom stereocenters. The Morgan fingerprint density at radius 2 is 1.55 bits per heavy atom. The molecule has 4 aromatic carbocycles. The molecule has 1 heterocycles. The SMILES string of the molecule is COc1cc(CN(CCc2ccccn2)C(=O)c2ccc3ccccc3c2)ccc1OCc1ccccc1. The summed E-state index contributed by atoms with van der Waals surface area (Å²) in [5, 5.41) is 2.16. The molecule has 0 fully saturated rings. The lowest BCUT2D eigenvalue weighted by Gasteiger charge is -2.24. The summed E-state index contributed by atoms with van der Waals surface area (Å²) in [5.74, 6) is 1.29. The van der Waals surface area contributed by atoms with Crippen LogP contribution in [0.15, 0.2) is 115 Å². The zero-order valence-electron chi connectivity index (χ0n) is 21.4. The Kier molecular flexibility index (Phi) is 7.95. The summed E-state index contributed by atoms with van der Waals surface area (Å²) in [4.78, 5) is 20.1.